The van der Waals surface area contributed by atoms with Gasteiger partial charge in [0.1, 0.15) is 0 Å². The maximum Gasteiger partial charge on any atom is 0.272 e. The molecular formula is C12H15N3O3. The largest absolute Gasteiger partial charge is 0.394 e. The van der Waals surface area contributed by atoms with E-state index in [1.807, 2.05) is 24.3 Å². The van der Waals surface area contributed by atoms with Crippen molar-refractivity contribution in [1.82, 2.24) is 15.1 Å². The molecule has 18 heavy (non-hydrogen) atoms. The van der Waals surface area contributed by atoms with Gasteiger partial charge in [-0.15, -0.1) is 0 Å². The maximum atomic E-state index is 11.9. The molecule has 96 valence electrons. The third-order valence-electron chi connectivity index (χ3n) is 2.68. The van der Waals surface area contributed by atoms with Crippen LogP contribution in [0, 0.1) is 0 Å². The van der Waals surface area contributed by atoms with Crippen LogP contribution in [0.3, 0.4) is 0 Å². The smallest absolute Gasteiger partial charge is 0.272 e. The minimum Gasteiger partial charge on any atom is -0.394 e. The zero-order valence-corrected chi connectivity index (χ0v) is 10.00. The number of aromatic nitrogens is 2. The van der Waals surface area contributed by atoms with E-state index >= 15 is 0 Å². The van der Waals surface area contributed by atoms with Crippen molar-refractivity contribution in [2.75, 3.05) is 13.2 Å². The highest BCUT2D eigenvalue weighted by atomic mass is 16.3. The second-order valence-corrected chi connectivity index (χ2v) is 4.04. The molecule has 0 radical (unpaired) electrons. The number of fused-ring (bicyclic) bond motifs is 1. The Morgan fingerprint density at radius 1 is 1.50 bits per heavy atom. The first kappa shape index (κ1) is 12.5. The Bertz CT molecular complexity index is 565. The molecule has 1 heterocycles. The normalized spacial score (nSPS) is 12.6. The zero-order chi connectivity index (χ0) is 13.1. The number of amides is 1. The predicted octanol–water partition coefficient (Wildman–Crippen LogP) is -0.344. The molecule has 1 atom stereocenters. The summed E-state index contributed by atoms with van der Waals surface area (Å²) in [5.74, 6) is -0.362. The summed E-state index contributed by atoms with van der Waals surface area (Å²) >= 11 is 0. The Hall–Kier alpha value is -1.92. The molecule has 0 aliphatic heterocycles. The fraction of sp³-hybridized carbons (Fsp3) is 0.333. The van der Waals surface area contributed by atoms with Gasteiger partial charge in [-0.05, 0) is 6.07 Å². The SMILES string of the molecule is Cn1nc(C(=O)NC[C@H](O)CO)c2ccccc21. The molecule has 6 nitrogen and oxygen atoms in total. The molecule has 0 saturated heterocycles. The summed E-state index contributed by atoms with van der Waals surface area (Å²) in [4.78, 5) is 11.9. The lowest BCUT2D eigenvalue weighted by atomic mass is 10.2. The van der Waals surface area contributed by atoms with Gasteiger partial charge in [-0.2, -0.15) is 5.10 Å². The summed E-state index contributed by atoms with van der Waals surface area (Å²) in [5.41, 5.74) is 1.18. The van der Waals surface area contributed by atoms with Crippen LogP contribution in [0.15, 0.2) is 24.3 Å². The van der Waals surface area contributed by atoms with Crippen LogP contribution in [0.1, 0.15) is 10.5 Å². The van der Waals surface area contributed by atoms with E-state index in [1.165, 1.54) is 0 Å². The van der Waals surface area contributed by atoms with Crippen LogP contribution in [0.4, 0.5) is 0 Å². The Labute approximate surface area is 104 Å². The van der Waals surface area contributed by atoms with Gasteiger partial charge in [0.25, 0.3) is 5.91 Å². The first-order chi connectivity index (χ1) is 8.63. The fourth-order valence-corrected chi connectivity index (χ4v) is 1.74. The number of para-hydroxylation sites is 1. The lowest BCUT2D eigenvalue weighted by molar-refractivity contribution is 0.0799. The number of nitrogens with one attached hydrogen (secondary N) is 1. The van der Waals surface area contributed by atoms with Crippen molar-refractivity contribution in [1.29, 1.82) is 0 Å². The van der Waals surface area contributed by atoms with Gasteiger partial charge in [-0.3, -0.25) is 9.48 Å². The van der Waals surface area contributed by atoms with Crippen LogP contribution in [0.2, 0.25) is 0 Å². The van der Waals surface area contributed by atoms with Gasteiger partial charge in [0, 0.05) is 19.0 Å². The second-order valence-electron chi connectivity index (χ2n) is 4.04. The average molecular weight is 249 g/mol. The van der Waals surface area contributed by atoms with Gasteiger partial charge in [0.15, 0.2) is 5.69 Å². The average Bonchev–Trinajstić information content (AvgIpc) is 2.74. The van der Waals surface area contributed by atoms with Crippen molar-refractivity contribution < 1.29 is 15.0 Å². The van der Waals surface area contributed by atoms with Gasteiger partial charge in [-0.1, -0.05) is 18.2 Å². The molecule has 0 spiro atoms. The number of rotatable bonds is 4. The molecule has 1 amide bonds. The molecule has 0 unspecified atom stereocenters. The van der Waals surface area contributed by atoms with Crippen molar-refractivity contribution >= 4 is 16.8 Å². The first-order valence-corrected chi connectivity index (χ1v) is 5.62. The van der Waals surface area contributed by atoms with Crippen LogP contribution >= 0.6 is 0 Å². The molecule has 1 aromatic heterocycles. The third-order valence-corrected chi connectivity index (χ3v) is 2.68. The summed E-state index contributed by atoms with van der Waals surface area (Å²) < 4.78 is 1.63. The van der Waals surface area contributed by atoms with Gasteiger partial charge >= 0.3 is 0 Å². The molecule has 1 aromatic carbocycles. The van der Waals surface area contributed by atoms with E-state index in [-0.39, 0.29) is 19.1 Å². The Kier molecular flexibility index (Phi) is 3.59. The number of hydrogen-bond acceptors (Lipinski definition) is 4. The molecule has 0 bridgehead atoms. The number of nitrogens with zero attached hydrogens (tertiary/aromatic N) is 2. The Morgan fingerprint density at radius 3 is 2.94 bits per heavy atom. The Morgan fingerprint density at radius 2 is 2.22 bits per heavy atom. The van der Waals surface area contributed by atoms with E-state index in [4.69, 9.17) is 5.11 Å². The quantitative estimate of drug-likeness (QED) is 0.691. The first-order valence-electron chi connectivity index (χ1n) is 5.62. The van der Waals surface area contributed by atoms with Crippen molar-refractivity contribution in [3.63, 3.8) is 0 Å². The van der Waals surface area contributed by atoms with Crippen LogP contribution in [0.5, 0.6) is 0 Å². The lowest BCUT2D eigenvalue weighted by Crippen LogP contribution is -2.34. The number of aliphatic hydroxyl groups is 2. The molecule has 0 fully saturated rings. The summed E-state index contributed by atoms with van der Waals surface area (Å²) in [6.45, 7) is -0.385. The molecule has 6 heteroatoms. The van der Waals surface area contributed by atoms with Gasteiger partial charge in [-0.25, -0.2) is 0 Å². The number of aryl methyl sites for hydroxylation is 1. The van der Waals surface area contributed by atoms with Crippen LogP contribution in [-0.4, -0.2) is 45.2 Å². The maximum absolute atomic E-state index is 11.9. The minimum absolute atomic E-state index is 0.000233. The summed E-state index contributed by atoms with van der Waals surface area (Å²) in [6, 6.07) is 7.41. The molecule has 0 aliphatic rings. The van der Waals surface area contributed by atoms with E-state index in [9.17, 15) is 9.90 Å². The second kappa shape index (κ2) is 5.16. The molecule has 2 aromatic rings. The number of carbonyl (C=O) groups is 1. The highest BCUT2D eigenvalue weighted by Crippen LogP contribution is 2.16. The van der Waals surface area contributed by atoms with Crippen LogP contribution in [0.25, 0.3) is 10.9 Å². The Balaban J connectivity index is 2.23. The highest BCUT2D eigenvalue weighted by Gasteiger charge is 2.16. The summed E-state index contributed by atoms with van der Waals surface area (Å²) in [7, 11) is 1.77. The number of carbonyl (C=O) groups excluding carboxylic acids is 1. The lowest BCUT2D eigenvalue weighted by Gasteiger charge is -2.07. The van der Waals surface area contributed by atoms with Crippen molar-refractivity contribution in [2.45, 2.75) is 6.10 Å². The van der Waals surface area contributed by atoms with E-state index in [2.05, 4.69) is 10.4 Å². The van der Waals surface area contributed by atoms with E-state index in [1.54, 1.807) is 11.7 Å². The molecule has 0 saturated carbocycles. The minimum atomic E-state index is -0.955. The third kappa shape index (κ3) is 2.34. The molecule has 2 rings (SSSR count). The molecule has 3 N–H and O–H groups in total. The van der Waals surface area contributed by atoms with E-state index in [0.29, 0.717) is 5.69 Å². The van der Waals surface area contributed by atoms with Crippen molar-refractivity contribution in [2.24, 2.45) is 7.05 Å². The number of hydrogen-bond donors (Lipinski definition) is 3. The van der Waals surface area contributed by atoms with Crippen LogP contribution in [-0.2, 0) is 7.05 Å². The van der Waals surface area contributed by atoms with Gasteiger partial charge in [0.05, 0.1) is 18.2 Å². The number of benzene rings is 1. The number of aliphatic hydroxyl groups excluding tert-OH is 2. The van der Waals surface area contributed by atoms with E-state index < -0.39 is 6.10 Å². The van der Waals surface area contributed by atoms with Crippen molar-refractivity contribution in [3.05, 3.63) is 30.0 Å². The highest BCUT2D eigenvalue weighted by molar-refractivity contribution is 6.04. The predicted molar refractivity (Wildman–Crippen MR) is 66.1 cm³/mol. The van der Waals surface area contributed by atoms with Crippen molar-refractivity contribution in [3.8, 4) is 0 Å². The molecular weight excluding hydrogens is 234 g/mol. The van der Waals surface area contributed by atoms with Gasteiger partial charge < -0.3 is 15.5 Å². The molecule has 0 aliphatic carbocycles. The zero-order valence-electron chi connectivity index (χ0n) is 10.00. The monoisotopic (exact) mass is 249 g/mol. The van der Waals surface area contributed by atoms with Crippen LogP contribution < -0.4 is 5.32 Å². The fourth-order valence-electron chi connectivity index (χ4n) is 1.74. The standard InChI is InChI=1S/C12H15N3O3/c1-15-10-5-3-2-4-9(10)11(14-15)12(18)13-6-8(17)7-16/h2-5,8,16-17H,6-7H2,1H3,(H,13,18)/t8-/m0/s1. The topological polar surface area (TPSA) is 87.4 Å². The summed E-state index contributed by atoms with van der Waals surface area (Å²) in [6.07, 6.45) is -0.955. The summed E-state index contributed by atoms with van der Waals surface area (Å²) in [5, 5.41) is 25.3. The van der Waals surface area contributed by atoms with Gasteiger partial charge in [0.2, 0.25) is 0 Å². The van der Waals surface area contributed by atoms with E-state index in [0.717, 1.165) is 10.9 Å².